The maximum atomic E-state index is 4.39. The first-order valence-corrected chi connectivity index (χ1v) is 6.95. The summed E-state index contributed by atoms with van der Waals surface area (Å²) in [4.78, 5) is 5.68. The second-order valence-electron chi connectivity index (χ2n) is 4.13. The van der Waals surface area contributed by atoms with Crippen LogP contribution in [0.4, 0.5) is 5.69 Å². The molecule has 0 amide bonds. The van der Waals surface area contributed by atoms with E-state index in [1.54, 1.807) is 11.3 Å². The predicted molar refractivity (Wildman–Crippen MR) is 85.8 cm³/mol. The van der Waals surface area contributed by atoms with Gasteiger partial charge in [-0.25, -0.2) is 0 Å². The lowest BCUT2D eigenvalue weighted by Gasteiger charge is -2.11. The van der Waals surface area contributed by atoms with E-state index in [0.717, 1.165) is 31.2 Å². The zero-order chi connectivity index (χ0) is 12.2. The summed E-state index contributed by atoms with van der Waals surface area (Å²) >= 11 is 1.76. The molecule has 0 bridgehead atoms. The van der Waals surface area contributed by atoms with Gasteiger partial charge in [-0.3, -0.25) is 4.99 Å². The van der Waals surface area contributed by atoms with Gasteiger partial charge in [-0.2, -0.15) is 0 Å². The Balaban J connectivity index is 0.00000133. The number of hydrogen-bond acceptors (Lipinski definition) is 4. The van der Waals surface area contributed by atoms with Gasteiger partial charge in [0.15, 0.2) is 0 Å². The molecule has 0 spiro atoms. The van der Waals surface area contributed by atoms with Crippen LogP contribution < -0.4 is 10.6 Å². The van der Waals surface area contributed by atoms with Crippen molar-refractivity contribution in [1.29, 1.82) is 0 Å². The number of halogens is 1. The Bertz CT molecular complexity index is 552. The Labute approximate surface area is 123 Å². The van der Waals surface area contributed by atoms with Crippen molar-refractivity contribution in [3.05, 3.63) is 41.8 Å². The topological polar surface area (TPSA) is 36.4 Å². The van der Waals surface area contributed by atoms with Gasteiger partial charge in [0.1, 0.15) is 5.84 Å². The standard InChI is InChI=1S/C14H15N3S.ClH/c1-2-5-12(17-10-14-15-7-8-16-14)11(4-1)13-6-3-9-18-13;/h1-6,9,17H,7-8,10H2,(H,15,16);1H. The fraction of sp³-hybridized carbons (Fsp3) is 0.214. The van der Waals surface area contributed by atoms with Crippen molar-refractivity contribution < 1.29 is 0 Å². The van der Waals surface area contributed by atoms with Crippen molar-refractivity contribution in [3.63, 3.8) is 0 Å². The zero-order valence-electron chi connectivity index (χ0n) is 10.4. The third-order valence-electron chi connectivity index (χ3n) is 2.90. The van der Waals surface area contributed by atoms with E-state index in [1.165, 1.54) is 10.4 Å². The van der Waals surface area contributed by atoms with E-state index in [-0.39, 0.29) is 12.4 Å². The molecule has 5 heteroatoms. The second-order valence-corrected chi connectivity index (χ2v) is 5.08. The molecule has 1 aromatic heterocycles. The minimum absolute atomic E-state index is 0. The first kappa shape index (κ1) is 13.9. The van der Waals surface area contributed by atoms with Gasteiger partial charge >= 0.3 is 0 Å². The molecule has 19 heavy (non-hydrogen) atoms. The molecule has 3 rings (SSSR count). The predicted octanol–water partition coefficient (Wildman–Crippen LogP) is 3.25. The highest BCUT2D eigenvalue weighted by atomic mass is 35.5. The van der Waals surface area contributed by atoms with Crippen molar-refractivity contribution >= 4 is 35.3 Å². The molecule has 1 aliphatic heterocycles. The van der Waals surface area contributed by atoms with Gasteiger partial charge in [0, 0.05) is 22.7 Å². The van der Waals surface area contributed by atoms with Crippen LogP contribution in [0.15, 0.2) is 46.8 Å². The van der Waals surface area contributed by atoms with Gasteiger partial charge in [-0.1, -0.05) is 24.3 Å². The number of thiophene rings is 1. The van der Waals surface area contributed by atoms with Crippen molar-refractivity contribution in [2.45, 2.75) is 0 Å². The maximum absolute atomic E-state index is 4.39. The Morgan fingerprint density at radius 2 is 2.11 bits per heavy atom. The molecule has 3 nitrogen and oxygen atoms in total. The van der Waals surface area contributed by atoms with Crippen LogP contribution in [0.3, 0.4) is 0 Å². The Morgan fingerprint density at radius 3 is 2.84 bits per heavy atom. The molecule has 2 aromatic rings. The summed E-state index contributed by atoms with van der Waals surface area (Å²) in [7, 11) is 0. The zero-order valence-corrected chi connectivity index (χ0v) is 12.1. The highest BCUT2D eigenvalue weighted by Crippen LogP contribution is 2.31. The van der Waals surface area contributed by atoms with E-state index in [9.17, 15) is 0 Å². The smallest absolute Gasteiger partial charge is 0.116 e. The lowest BCUT2D eigenvalue weighted by molar-refractivity contribution is 0.956. The molecular weight excluding hydrogens is 278 g/mol. The van der Waals surface area contributed by atoms with Gasteiger partial charge in [0.05, 0.1) is 13.1 Å². The minimum atomic E-state index is 0. The van der Waals surface area contributed by atoms with Crippen LogP contribution in [0.2, 0.25) is 0 Å². The molecule has 0 radical (unpaired) electrons. The van der Waals surface area contributed by atoms with Crippen molar-refractivity contribution in [2.75, 3.05) is 25.0 Å². The number of nitrogens with zero attached hydrogens (tertiary/aromatic N) is 1. The van der Waals surface area contributed by atoms with E-state index < -0.39 is 0 Å². The number of hydrogen-bond donors (Lipinski definition) is 2. The first-order valence-electron chi connectivity index (χ1n) is 6.07. The first-order chi connectivity index (χ1) is 8.93. The number of nitrogens with one attached hydrogen (secondary N) is 2. The molecule has 0 unspecified atom stereocenters. The van der Waals surface area contributed by atoms with Crippen molar-refractivity contribution in [2.24, 2.45) is 4.99 Å². The summed E-state index contributed by atoms with van der Waals surface area (Å²) in [6.45, 7) is 2.62. The molecule has 0 saturated heterocycles. The van der Waals surface area contributed by atoms with E-state index in [2.05, 4.69) is 57.4 Å². The molecule has 0 atom stereocenters. The Morgan fingerprint density at radius 1 is 1.21 bits per heavy atom. The average molecular weight is 294 g/mol. The fourth-order valence-electron chi connectivity index (χ4n) is 2.03. The molecule has 100 valence electrons. The summed E-state index contributed by atoms with van der Waals surface area (Å²) < 4.78 is 0. The van der Waals surface area contributed by atoms with E-state index >= 15 is 0 Å². The van der Waals surface area contributed by atoms with Crippen LogP contribution in [0.5, 0.6) is 0 Å². The third-order valence-corrected chi connectivity index (χ3v) is 3.81. The highest BCUT2D eigenvalue weighted by molar-refractivity contribution is 7.13. The van der Waals surface area contributed by atoms with E-state index in [0.29, 0.717) is 0 Å². The maximum Gasteiger partial charge on any atom is 0.116 e. The number of benzene rings is 1. The molecule has 2 heterocycles. The lowest BCUT2D eigenvalue weighted by Crippen LogP contribution is -2.26. The summed E-state index contributed by atoms with van der Waals surface area (Å²) in [6.07, 6.45) is 0. The van der Waals surface area contributed by atoms with E-state index in [1.807, 2.05) is 0 Å². The summed E-state index contributed by atoms with van der Waals surface area (Å²) in [5.41, 5.74) is 2.42. The van der Waals surface area contributed by atoms with Gasteiger partial charge in [0.2, 0.25) is 0 Å². The number of amidine groups is 1. The number of aliphatic imine (C=N–C) groups is 1. The quantitative estimate of drug-likeness (QED) is 0.908. The lowest BCUT2D eigenvalue weighted by atomic mass is 10.1. The largest absolute Gasteiger partial charge is 0.377 e. The summed E-state index contributed by atoms with van der Waals surface area (Å²) in [5, 5.41) is 8.83. The molecule has 1 aliphatic rings. The monoisotopic (exact) mass is 293 g/mol. The van der Waals surface area contributed by atoms with Gasteiger partial charge in [-0.05, 0) is 17.5 Å². The van der Waals surface area contributed by atoms with Gasteiger partial charge < -0.3 is 10.6 Å². The number of anilines is 1. The van der Waals surface area contributed by atoms with Crippen molar-refractivity contribution in [1.82, 2.24) is 5.32 Å². The number of rotatable bonds is 4. The van der Waals surface area contributed by atoms with Gasteiger partial charge in [-0.15, -0.1) is 23.7 Å². The van der Waals surface area contributed by atoms with Crippen LogP contribution in [0.1, 0.15) is 0 Å². The normalized spacial score (nSPS) is 13.4. The van der Waals surface area contributed by atoms with Crippen LogP contribution in [0, 0.1) is 0 Å². The molecule has 0 aliphatic carbocycles. The minimum Gasteiger partial charge on any atom is -0.377 e. The van der Waals surface area contributed by atoms with Crippen LogP contribution in [-0.4, -0.2) is 25.5 Å². The SMILES string of the molecule is Cl.c1csc(-c2ccccc2NCC2=NCCN2)c1. The number of para-hydroxylation sites is 1. The molecule has 1 aromatic carbocycles. The molecular formula is C14H16ClN3S. The second kappa shape index (κ2) is 6.59. The highest BCUT2D eigenvalue weighted by Gasteiger charge is 2.08. The average Bonchev–Trinajstić information content (AvgIpc) is 3.10. The fourth-order valence-corrected chi connectivity index (χ4v) is 2.79. The molecule has 0 fully saturated rings. The van der Waals surface area contributed by atoms with Gasteiger partial charge in [0.25, 0.3) is 0 Å². The summed E-state index contributed by atoms with van der Waals surface area (Å²) in [6, 6.07) is 12.6. The molecule has 2 N–H and O–H groups in total. The van der Waals surface area contributed by atoms with Crippen molar-refractivity contribution in [3.8, 4) is 10.4 Å². The Hall–Kier alpha value is -1.52. The molecule has 0 saturated carbocycles. The van der Waals surface area contributed by atoms with Crippen LogP contribution >= 0.6 is 23.7 Å². The summed E-state index contributed by atoms with van der Waals surface area (Å²) in [5.74, 6) is 1.05. The third kappa shape index (κ3) is 3.28. The van der Waals surface area contributed by atoms with E-state index in [4.69, 9.17) is 0 Å². The van der Waals surface area contributed by atoms with Crippen LogP contribution in [0.25, 0.3) is 10.4 Å². The Kier molecular flexibility index (Phi) is 4.82. The van der Waals surface area contributed by atoms with Crippen LogP contribution in [-0.2, 0) is 0 Å².